The number of carbonyl (C=O) groups is 1. The zero-order valence-corrected chi connectivity index (χ0v) is 7.09. The largest absolute Gasteiger partial charge is 0.320 e. The van der Waals surface area contributed by atoms with E-state index in [0.717, 1.165) is 11.4 Å². The zero-order chi connectivity index (χ0) is 8.97. The molecule has 1 amide bonds. The van der Waals surface area contributed by atoms with E-state index in [4.69, 9.17) is 0 Å². The lowest BCUT2D eigenvalue weighted by molar-refractivity contribution is -0.111. The van der Waals surface area contributed by atoms with Crippen molar-refractivity contribution in [2.24, 2.45) is 0 Å². The van der Waals surface area contributed by atoms with Crippen LogP contribution in [0.3, 0.4) is 0 Å². The van der Waals surface area contributed by atoms with E-state index in [1.165, 1.54) is 6.08 Å². The van der Waals surface area contributed by atoms with E-state index in [2.05, 4.69) is 15.5 Å². The van der Waals surface area contributed by atoms with E-state index in [1.807, 2.05) is 6.92 Å². The maximum atomic E-state index is 11.0. The summed E-state index contributed by atoms with van der Waals surface area (Å²) in [5, 5.41) is 9.17. The summed E-state index contributed by atoms with van der Waals surface area (Å²) in [5.74, 6) is -0.137. The molecule has 0 saturated carbocycles. The second-order valence-corrected chi connectivity index (χ2v) is 2.40. The summed E-state index contributed by atoms with van der Waals surface area (Å²) < 4.78 is 0. The number of aromatic amines is 1. The van der Waals surface area contributed by atoms with Crippen LogP contribution in [0.2, 0.25) is 0 Å². The van der Waals surface area contributed by atoms with E-state index in [1.54, 1.807) is 19.2 Å². The van der Waals surface area contributed by atoms with Crippen LogP contribution in [0.5, 0.6) is 0 Å². The minimum absolute atomic E-state index is 0.137. The number of hydrogen-bond acceptors (Lipinski definition) is 2. The van der Waals surface area contributed by atoms with Gasteiger partial charge in [0.25, 0.3) is 0 Å². The number of H-pyrrole nitrogens is 1. The van der Waals surface area contributed by atoms with Gasteiger partial charge in [-0.2, -0.15) is 5.10 Å². The predicted octanol–water partition coefficient (Wildman–Crippen LogP) is 1.23. The van der Waals surface area contributed by atoms with Crippen LogP contribution in [0.4, 0.5) is 5.69 Å². The monoisotopic (exact) mass is 165 g/mol. The van der Waals surface area contributed by atoms with Crippen molar-refractivity contribution in [2.75, 3.05) is 5.32 Å². The van der Waals surface area contributed by atoms with Crippen LogP contribution < -0.4 is 5.32 Å². The molecule has 0 unspecified atom stereocenters. The highest BCUT2D eigenvalue weighted by Gasteiger charge is 2.01. The highest BCUT2D eigenvalue weighted by atomic mass is 16.1. The molecule has 0 bridgehead atoms. The molecular weight excluding hydrogens is 154 g/mol. The number of nitrogens with one attached hydrogen (secondary N) is 2. The van der Waals surface area contributed by atoms with E-state index < -0.39 is 0 Å². The van der Waals surface area contributed by atoms with Gasteiger partial charge in [0, 0.05) is 0 Å². The van der Waals surface area contributed by atoms with Gasteiger partial charge in [0.2, 0.25) is 5.91 Å². The number of amides is 1. The van der Waals surface area contributed by atoms with Crippen LogP contribution in [-0.4, -0.2) is 16.1 Å². The molecule has 1 aromatic heterocycles. The molecule has 1 rings (SSSR count). The van der Waals surface area contributed by atoms with Crippen molar-refractivity contribution in [3.63, 3.8) is 0 Å². The molecule has 2 N–H and O–H groups in total. The Bertz CT molecular complexity index is 301. The number of nitrogens with zero attached hydrogens (tertiary/aromatic N) is 1. The number of aryl methyl sites for hydroxylation is 1. The maximum absolute atomic E-state index is 11.0. The molecule has 0 fully saturated rings. The van der Waals surface area contributed by atoms with Gasteiger partial charge in [-0.15, -0.1) is 0 Å². The van der Waals surface area contributed by atoms with Gasteiger partial charge in [-0.25, -0.2) is 0 Å². The molecule has 12 heavy (non-hydrogen) atoms. The lowest BCUT2D eigenvalue weighted by Gasteiger charge is -1.97. The lowest BCUT2D eigenvalue weighted by atomic mass is 10.4. The summed E-state index contributed by atoms with van der Waals surface area (Å²) in [5.41, 5.74) is 1.57. The highest BCUT2D eigenvalue weighted by Crippen LogP contribution is 2.08. The van der Waals surface area contributed by atoms with E-state index >= 15 is 0 Å². The van der Waals surface area contributed by atoms with E-state index in [-0.39, 0.29) is 5.91 Å². The van der Waals surface area contributed by atoms with Crippen molar-refractivity contribution in [1.29, 1.82) is 0 Å². The Morgan fingerprint density at radius 1 is 1.75 bits per heavy atom. The van der Waals surface area contributed by atoms with Gasteiger partial charge in [-0.3, -0.25) is 9.89 Å². The number of aromatic nitrogens is 2. The minimum Gasteiger partial charge on any atom is -0.320 e. The minimum atomic E-state index is -0.137. The summed E-state index contributed by atoms with van der Waals surface area (Å²) in [6, 6.07) is 0. The summed E-state index contributed by atoms with van der Waals surface area (Å²) in [6.45, 7) is 3.64. The Labute approximate surface area is 70.7 Å². The van der Waals surface area contributed by atoms with Crippen LogP contribution in [0.1, 0.15) is 12.6 Å². The number of carbonyl (C=O) groups excluding carboxylic acids is 1. The molecule has 0 saturated heterocycles. The van der Waals surface area contributed by atoms with Crippen molar-refractivity contribution >= 4 is 11.6 Å². The predicted molar refractivity (Wildman–Crippen MR) is 46.8 cm³/mol. The molecule has 4 nitrogen and oxygen atoms in total. The number of allylic oxidation sites excluding steroid dienone is 1. The normalized spacial score (nSPS) is 10.5. The van der Waals surface area contributed by atoms with Crippen molar-refractivity contribution < 1.29 is 4.79 Å². The van der Waals surface area contributed by atoms with Crippen LogP contribution >= 0.6 is 0 Å². The molecule has 0 spiro atoms. The molecule has 4 heteroatoms. The molecule has 64 valence electrons. The summed E-state index contributed by atoms with van der Waals surface area (Å²) >= 11 is 0. The van der Waals surface area contributed by atoms with Gasteiger partial charge in [-0.05, 0) is 19.9 Å². The van der Waals surface area contributed by atoms with Gasteiger partial charge >= 0.3 is 0 Å². The zero-order valence-electron chi connectivity index (χ0n) is 7.09. The lowest BCUT2D eigenvalue weighted by Crippen LogP contribution is -2.07. The van der Waals surface area contributed by atoms with Crippen molar-refractivity contribution in [2.45, 2.75) is 13.8 Å². The number of anilines is 1. The number of hydrogen-bond donors (Lipinski definition) is 2. The third-order valence-electron chi connectivity index (χ3n) is 1.41. The Kier molecular flexibility index (Phi) is 2.63. The topological polar surface area (TPSA) is 57.8 Å². The molecule has 0 atom stereocenters. The number of rotatable bonds is 2. The fourth-order valence-electron chi connectivity index (χ4n) is 0.802. The molecular formula is C8H11N3O. The van der Waals surface area contributed by atoms with Crippen molar-refractivity contribution in [1.82, 2.24) is 10.2 Å². The highest BCUT2D eigenvalue weighted by molar-refractivity contribution is 5.99. The van der Waals surface area contributed by atoms with Crippen LogP contribution in [-0.2, 0) is 4.79 Å². The second kappa shape index (κ2) is 3.71. The quantitative estimate of drug-likeness (QED) is 0.647. The summed E-state index contributed by atoms with van der Waals surface area (Å²) in [6.07, 6.45) is 4.73. The molecule has 0 aliphatic heterocycles. The Hall–Kier alpha value is -1.58. The Morgan fingerprint density at radius 2 is 2.50 bits per heavy atom. The van der Waals surface area contributed by atoms with Crippen LogP contribution in [0.25, 0.3) is 0 Å². The molecule has 1 aromatic rings. The average molecular weight is 165 g/mol. The molecule has 0 radical (unpaired) electrons. The van der Waals surface area contributed by atoms with Gasteiger partial charge in [0.1, 0.15) is 0 Å². The van der Waals surface area contributed by atoms with Crippen LogP contribution in [0.15, 0.2) is 18.3 Å². The first-order chi connectivity index (χ1) is 5.74. The fourth-order valence-corrected chi connectivity index (χ4v) is 0.802. The third-order valence-corrected chi connectivity index (χ3v) is 1.41. The van der Waals surface area contributed by atoms with E-state index in [0.29, 0.717) is 0 Å². The summed E-state index contributed by atoms with van der Waals surface area (Å²) in [7, 11) is 0. The van der Waals surface area contributed by atoms with Crippen molar-refractivity contribution in [3.8, 4) is 0 Å². The first-order valence-corrected chi connectivity index (χ1v) is 3.67. The average Bonchev–Trinajstić information content (AvgIpc) is 2.37. The first kappa shape index (κ1) is 8.52. The first-order valence-electron chi connectivity index (χ1n) is 3.67. The smallest absolute Gasteiger partial charge is 0.248 e. The van der Waals surface area contributed by atoms with Gasteiger partial charge < -0.3 is 5.32 Å². The van der Waals surface area contributed by atoms with Gasteiger partial charge in [0.15, 0.2) is 0 Å². The fraction of sp³-hybridized carbons (Fsp3) is 0.250. The SMILES string of the molecule is C/C=C/C(=O)Nc1cn[nH]c1C. The third kappa shape index (κ3) is 1.95. The Balaban J connectivity index is 2.64. The molecule has 1 heterocycles. The molecule has 0 aromatic carbocycles. The van der Waals surface area contributed by atoms with Crippen molar-refractivity contribution in [3.05, 3.63) is 24.0 Å². The van der Waals surface area contributed by atoms with Crippen LogP contribution in [0, 0.1) is 6.92 Å². The molecule has 0 aliphatic carbocycles. The van der Waals surface area contributed by atoms with Gasteiger partial charge in [0.05, 0.1) is 17.6 Å². The maximum Gasteiger partial charge on any atom is 0.248 e. The van der Waals surface area contributed by atoms with Gasteiger partial charge in [-0.1, -0.05) is 6.08 Å². The molecule has 0 aliphatic rings. The summed E-state index contributed by atoms with van der Waals surface area (Å²) in [4.78, 5) is 11.0. The second-order valence-electron chi connectivity index (χ2n) is 2.40. The Morgan fingerprint density at radius 3 is 3.00 bits per heavy atom. The van der Waals surface area contributed by atoms with E-state index in [9.17, 15) is 4.79 Å². The standard InChI is InChI=1S/C8H11N3O/c1-3-4-8(12)10-7-5-9-11-6(7)2/h3-5H,1-2H3,(H,9,11)(H,10,12)/b4-3+.